The standard InChI is InChI=1S/C18H16N4S/c1-22(2)12-14-5-9-16(10-6-14)18-21-20-17(23-18)15-7-3-13(11-19)4-8-15/h3-10H,12H2,1-2H3. The molecule has 0 atom stereocenters. The fourth-order valence-electron chi connectivity index (χ4n) is 2.26. The van der Waals surface area contributed by atoms with Gasteiger partial charge in [0, 0.05) is 17.7 Å². The fourth-order valence-corrected chi connectivity index (χ4v) is 3.12. The number of aromatic nitrogens is 2. The van der Waals surface area contributed by atoms with Crippen LogP contribution in [0.2, 0.25) is 0 Å². The van der Waals surface area contributed by atoms with Crippen molar-refractivity contribution in [3.8, 4) is 27.2 Å². The lowest BCUT2D eigenvalue weighted by Crippen LogP contribution is -2.10. The van der Waals surface area contributed by atoms with E-state index < -0.39 is 0 Å². The largest absolute Gasteiger partial charge is 0.305 e. The number of benzene rings is 2. The molecule has 0 N–H and O–H groups in total. The summed E-state index contributed by atoms with van der Waals surface area (Å²) < 4.78 is 0. The van der Waals surface area contributed by atoms with Gasteiger partial charge >= 0.3 is 0 Å². The van der Waals surface area contributed by atoms with Gasteiger partial charge in [-0.2, -0.15) is 5.26 Å². The van der Waals surface area contributed by atoms with Crippen molar-refractivity contribution >= 4 is 11.3 Å². The van der Waals surface area contributed by atoms with Gasteiger partial charge in [-0.15, -0.1) is 10.2 Å². The van der Waals surface area contributed by atoms with E-state index in [0.29, 0.717) is 5.56 Å². The van der Waals surface area contributed by atoms with Gasteiger partial charge in [0.1, 0.15) is 10.0 Å². The maximum absolute atomic E-state index is 8.85. The molecule has 114 valence electrons. The number of nitrogens with zero attached hydrogens (tertiary/aromatic N) is 4. The second-order valence-corrected chi connectivity index (χ2v) is 6.51. The average Bonchev–Trinajstić information content (AvgIpc) is 3.05. The molecule has 3 aromatic rings. The Kier molecular flexibility index (Phi) is 4.47. The Labute approximate surface area is 139 Å². The topological polar surface area (TPSA) is 52.8 Å². The Bertz CT molecular complexity index is 827. The van der Waals surface area contributed by atoms with Crippen molar-refractivity contribution in [1.29, 1.82) is 5.26 Å². The zero-order chi connectivity index (χ0) is 16.2. The maximum Gasteiger partial charge on any atom is 0.148 e. The second-order valence-electron chi connectivity index (χ2n) is 5.54. The molecular formula is C18H16N4S. The van der Waals surface area contributed by atoms with Crippen LogP contribution in [0.15, 0.2) is 48.5 Å². The fraction of sp³-hybridized carbons (Fsp3) is 0.167. The van der Waals surface area contributed by atoms with Crippen molar-refractivity contribution in [2.45, 2.75) is 6.54 Å². The van der Waals surface area contributed by atoms with Crippen molar-refractivity contribution in [1.82, 2.24) is 15.1 Å². The van der Waals surface area contributed by atoms with E-state index in [0.717, 1.165) is 27.7 Å². The van der Waals surface area contributed by atoms with Crippen LogP contribution in [0.5, 0.6) is 0 Å². The van der Waals surface area contributed by atoms with Gasteiger partial charge in [0.25, 0.3) is 0 Å². The highest BCUT2D eigenvalue weighted by Crippen LogP contribution is 2.30. The molecule has 23 heavy (non-hydrogen) atoms. The first-order valence-electron chi connectivity index (χ1n) is 7.24. The Balaban J connectivity index is 1.82. The zero-order valence-electron chi connectivity index (χ0n) is 13.0. The predicted molar refractivity (Wildman–Crippen MR) is 92.9 cm³/mol. The van der Waals surface area contributed by atoms with Crippen LogP contribution in [0.1, 0.15) is 11.1 Å². The first-order chi connectivity index (χ1) is 11.2. The number of hydrogen-bond donors (Lipinski definition) is 0. The van der Waals surface area contributed by atoms with E-state index in [9.17, 15) is 0 Å². The SMILES string of the molecule is CN(C)Cc1ccc(-c2nnc(-c3ccc(C#N)cc3)s2)cc1. The zero-order valence-corrected chi connectivity index (χ0v) is 13.8. The third-order valence-corrected chi connectivity index (χ3v) is 4.41. The summed E-state index contributed by atoms with van der Waals surface area (Å²) in [6.07, 6.45) is 0. The molecule has 0 radical (unpaired) electrons. The van der Waals surface area contributed by atoms with E-state index >= 15 is 0 Å². The van der Waals surface area contributed by atoms with Crippen LogP contribution in [0.4, 0.5) is 0 Å². The molecule has 0 bridgehead atoms. The maximum atomic E-state index is 8.85. The van der Waals surface area contributed by atoms with Gasteiger partial charge < -0.3 is 4.90 Å². The molecule has 0 aliphatic carbocycles. The van der Waals surface area contributed by atoms with E-state index in [1.54, 1.807) is 23.5 Å². The number of rotatable bonds is 4. The van der Waals surface area contributed by atoms with Crippen LogP contribution in [0.3, 0.4) is 0 Å². The molecule has 0 unspecified atom stereocenters. The highest BCUT2D eigenvalue weighted by atomic mass is 32.1. The van der Waals surface area contributed by atoms with Gasteiger partial charge in [0.15, 0.2) is 0 Å². The number of hydrogen-bond acceptors (Lipinski definition) is 5. The average molecular weight is 320 g/mol. The first-order valence-corrected chi connectivity index (χ1v) is 8.05. The van der Waals surface area contributed by atoms with Crippen molar-refractivity contribution in [2.75, 3.05) is 14.1 Å². The molecule has 0 aliphatic heterocycles. The van der Waals surface area contributed by atoms with E-state index in [1.165, 1.54) is 5.56 Å². The first kappa shape index (κ1) is 15.3. The molecular weight excluding hydrogens is 304 g/mol. The number of nitriles is 1. The summed E-state index contributed by atoms with van der Waals surface area (Å²) in [5, 5.41) is 19.2. The molecule has 1 aromatic heterocycles. The van der Waals surface area contributed by atoms with Crippen LogP contribution in [-0.2, 0) is 6.54 Å². The van der Waals surface area contributed by atoms with Gasteiger partial charge in [-0.1, -0.05) is 47.7 Å². The van der Waals surface area contributed by atoms with Gasteiger partial charge in [-0.05, 0) is 31.8 Å². The van der Waals surface area contributed by atoms with Crippen molar-refractivity contribution in [2.24, 2.45) is 0 Å². The minimum Gasteiger partial charge on any atom is -0.305 e. The molecule has 2 aromatic carbocycles. The highest BCUT2D eigenvalue weighted by molar-refractivity contribution is 7.17. The lowest BCUT2D eigenvalue weighted by atomic mass is 10.1. The smallest absolute Gasteiger partial charge is 0.148 e. The molecule has 1 heterocycles. The summed E-state index contributed by atoms with van der Waals surface area (Å²) in [7, 11) is 4.12. The minimum absolute atomic E-state index is 0.648. The van der Waals surface area contributed by atoms with Gasteiger partial charge in [-0.25, -0.2) is 0 Å². The summed E-state index contributed by atoms with van der Waals surface area (Å²) in [4.78, 5) is 2.14. The molecule has 0 saturated carbocycles. The molecule has 0 saturated heterocycles. The Hall–Kier alpha value is -2.55. The molecule has 3 rings (SSSR count). The lowest BCUT2D eigenvalue weighted by molar-refractivity contribution is 0.402. The summed E-state index contributed by atoms with van der Waals surface area (Å²) in [5.74, 6) is 0. The molecule has 5 heteroatoms. The van der Waals surface area contributed by atoms with Crippen LogP contribution in [0.25, 0.3) is 21.1 Å². The van der Waals surface area contributed by atoms with Gasteiger partial charge in [0.2, 0.25) is 0 Å². The molecule has 0 aliphatic rings. The summed E-state index contributed by atoms with van der Waals surface area (Å²) >= 11 is 1.56. The van der Waals surface area contributed by atoms with Crippen LogP contribution in [-0.4, -0.2) is 29.2 Å². The highest BCUT2D eigenvalue weighted by Gasteiger charge is 2.09. The normalized spacial score (nSPS) is 10.7. The molecule has 0 fully saturated rings. The molecule has 0 spiro atoms. The van der Waals surface area contributed by atoms with Crippen LogP contribution in [0, 0.1) is 11.3 Å². The van der Waals surface area contributed by atoms with E-state index in [4.69, 9.17) is 5.26 Å². The van der Waals surface area contributed by atoms with Crippen molar-refractivity contribution in [3.05, 3.63) is 59.7 Å². The third-order valence-electron chi connectivity index (χ3n) is 3.39. The monoisotopic (exact) mass is 320 g/mol. The Morgan fingerprint density at radius 3 is 1.91 bits per heavy atom. The second kappa shape index (κ2) is 6.69. The van der Waals surface area contributed by atoms with Crippen molar-refractivity contribution < 1.29 is 0 Å². The predicted octanol–water partition coefficient (Wildman–Crippen LogP) is 3.81. The quantitative estimate of drug-likeness (QED) is 0.733. The minimum atomic E-state index is 0.648. The molecule has 4 nitrogen and oxygen atoms in total. The van der Waals surface area contributed by atoms with E-state index in [-0.39, 0.29) is 0 Å². The third kappa shape index (κ3) is 3.62. The van der Waals surface area contributed by atoms with E-state index in [1.807, 2.05) is 12.1 Å². The Morgan fingerprint density at radius 2 is 1.43 bits per heavy atom. The van der Waals surface area contributed by atoms with Gasteiger partial charge in [-0.3, -0.25) is 0 Å². The summed E-state index contributed by atoms with van der Waals surface area (Å²) in [5.41, 5.74) is 3.98. The molecule has 0 amide bonds. The van der Waals surface area contributed by atoms with Crippen LogP contribution < -0.4 is 0 Å². The van der Waals surface area contributed by atoms with Crippen LogP contribution >= 0.6 is 11.3 Å². The van der Waals surface area contributed by atoms with Gasteiger partial charge in [0.05, 0.1) is 11.6 Å². The Morgan fingerprint density at radius 1 is 0.913 bits per heavy atom. The lowest BCUT2D eigenvalue weighted by Gasteiger charge is -2.09. The summed E-state index contributed by atoms with van der Waals surface area (Å²) in [6, 6.07) is 17.9. The van der Waals surface area contributed by atoms with E-state index in [2.05, 4.69) is 59.5 Å². The summed E-state index contributed by atoms with van der Waals surface area (Å²) in [6.45, 7) is 0.924. The van der Waals surface area contributed by atoms with Crippen molar-refractivity contribution in [3.63, 3.8) is 0 Å².